The van der Waals surface area contributed by atoms with Crippen LogP contribution >= 0.6 is 12.2 Å². The zero-order valence-corrected chi connectivity index (χ0v) is 16.5. The summed E-state index contributed by atoms with van der Waals surface area (Å²) in [5.41, 5.74) is 2.45. The van der Waals surface area contributed by atoms with E-state index in [1.807, 2.05) is 0 Å². The van der Waals surface area contributed by atoms with Gasteiger partial charge in [-0.15, -0.1) is 0 Å². The van der Waals surface area contributed by atoms with E-state index < -0.39 is 6.04 Å². The molecule has 0 saturated heterocycles. The number of carbonyl (C=O) groups excluding carboxylic acids is 1. The zero-order valence-electron chi connectivity index (χ0n) is 15.7. The minimum atomic E-state index is -0.460. The maximum Gasteiger partial charge on any atom is 0.255 e. The van der Waals surface area contributed by atoms with Crippen LogP contribution in [0.4, 0.5) is 5.69 Å². The number of nitrogens with one attached hydrogen (secondary N) is 3. The Bertz CT molecular complexity index is 941. The summed E-state index contributed by atoms with van der Waals surface area (Å²) < 4.78 is 10.5. The zero-order chi connectivity index (χ0) is 20.3. The molecule has 2 aromatic rings. The normalized spacial score (nSPS) is 16.1. The van der Waals surface area contributed by atoms with Crippen LogP contribution in [-0.2, 0) is 4.79 Å². The number of hydrogen-bond acceptors (Lipinski definition) is 5. The van der Waals surface area contributed by atoms with E-state index in [4.69, 9.17) is 21.7 Å². The Labute approximate surface area is 168 Å². The van der Waals surface area contributed by atoms with Crippen molar-refractivity contribution in [2.75, 3.05) is 19.5 Å². The number of ether oxygens (including phenoxy) is 2. The smallest absolute Gasteiger partial charge is 0.255 e. The summed E-state index contributed by atoms with van der Waals surface area (Å²) in [6.07, 6.45) is 0. The van der Waals surface area contributed by atoms with Crippen LogP contribution in [0.15, 0.2) is 53.7 Å². The Hall–Kier alpha value is -3.26. The molecule has 8 heteroatoms. The molecule has 1 heterocycles. The summed E-state index contributed by atoms with van der Waals surface area (Å²) in [6.45, 7) is 1.79. The monoisotopic (exact) mass is 399 g/mol. The minimum absolute atomic E-state index is 0.148. The highest BCUT2D eigenvalue weighted by Crippen LogP contribution is 2.32. The van der Waals surface area contributed by atoms with Gasteiger partial charge in [0.15, 0.2) is 5.11 Å². The molecule has 2 aromatic carbocycles. The molecule has 0 unspecified atom stereocenters. The van der Waals surface area contributed by atoms with Crippen LogP contribution in [-0.4, -0.2) is 30.3 Å². The first kappa shape index (κ1) is 19.5. The SMILES string of the molecule is COc1ccc(NC(=O)C2=C(C)NC(=S)N[C@H]2c2ccc(O)cc2)c(OC)c1. The fraction of sp³-hybridized carbons (Fsp3) is 0.200. The van der Waals surface area contributed by atoms with E-state index in [-0.39, 0.29) is 11.7 Å². The van der Waals surface area contributed by atoms with Gasteiger partial charge in [0.1, 0.15) is 17.2 Å². The second-order valence-electron chi connectivity index (χ2n) is 6.18. The molecular weight excluding hydrogens is 378 g/mol. The number of aromatic hydroxyl groups is 1. The number of phenolic OH excluding ortho intramolecular Hbond substituents is 1. The topological polar surface area (TPSA) is 91.9 Å². The molecule has 0 radical (unpaired) electrons. The molecular formula is C20H21N3O4S. The molecule has 7 nitrogen and oxygen atoms in total. The van der Waals surface area contributed by atoms with Gasteiger partial charge in [-0.1, -0.05) is 12.1 Å². The Balaban J connectivity index is 1.94. The van der Waals surface area contributed by atoms with Crippen LogP contribution in [0.1, 0.15) is 18.5 Å². The molecule has 1 aliphatic heterocycles. The fourth-order valence-electron chi connectivity index (χ4n) is 3.00. The molecule has 1 amide bonds. The van der Waals surface area contributed by atoms with Crippen LogP contribution in [0.2, 0.25) is 0 Å². The van der Waals surface area contributed by atoms with Gasteiger partial charge in [-0.2, -0.15) is 0 Å². The largest absolute Gasteiger partial charge is 0.508 e. The van der Waals surface area contributed by atoms with Crippen molar-refractivity contribution in [1.82, 2.24) is 10.6 Å². The molecule has 0 spiro atoms. The van der Waals surface area contributed by atoms with E-state index in [2.05, 4.69) is 16.0 Å². The number of thiocarbonyl (C=S) groups is 1. The summed E-state index contributed by atoms with van der Waals surface area (Å²) >= 11 is 5.25. The van der Waals surface area contributed by atoms with Crippen molar-refractivity contribution >= 4 is 28.9 Å². The van der Waals surface area contributed by atoms with Crippen molar-refractivity contribution in [1.29, 1.82) is 0 Å². The highest BCUT2D eigenvalue weighted by Gasteiger charge is 2.30. The lowest BCUT2D eigenvalue weighted by Crippen LogP contribution is -2.45. The van der Waals surface area contributed by atoms with Crippen molar-refractivity contribution < 1.29 is 19.4 Å². The van der Waals surface area contributed by atoms with Gasteiger partial charge in [-0.25, -0.2) is 0 Å². The molecule has 1 atom stereocenters. The number of benzene rings is 2. The van der Waals surface area contributed by atoms with Gasteiger partial charge in [-0.3, -0.25) is 4.79 Å². The number of amides is 1. The van der Waals surface area contributed by atoms with Gasteiger partial charge < -0.3 is 30.5 Å². The van der Waals surface area contributed by atoms with Gasteiger partial charge in [0.2, 0.25) is 0 Å². The van der Waals surface area contributed by atoms with Crippen LogP contribution in [0.5, 0.6) is 17.2 Å². The number of phenols is 1. The second-order valence-corrected chi connectivity index (χ2v) is 6.59. The van der Waals surface area contributed by atoms with Crippen molar-refractivity contribution in [3.8, 4) is 17.2 Å². The molecule has 4 N–H and O–H groups in total. The molecule has 146 valence electrons. The maximum atomic E-state index is 13.1. The quantitative estimate of drug-likeness (QED) is 0.575. The molecule has 0 aliphatic carbocycles. The van der Waals surface area contributed by atoms with E-state index >= 15 is 0 Å². The maximum absolute atomic E-state index is 13.1. The average molecular weight is 399 g/mol. The lowest BCUT2D eigenvalue weighted by atomic mass is 9.95. The molecule has 28 heavy (non-hydrogen) atoms. The lowest BCUT2D eigenvalue weighted by Gasteiger charge is -2.30. The van der Waals surface area contributed by atoms with Crippen molar-refractivity contribution in [2.24, 2.45) is 0 Å². The van der Waals surface area contributed by atoms with Gasteiger partial charge >= 0.3 is 0 Å². The van der Waals surface area contributed by atoms with E-state index in [0.717, 1.165) is 5.56 Å². The van der Waals surface area contributed by atoms with Crippen molar-refractivity contribution in [2.45, 2.75) is 13.0 Å². The van der Waals surface area contributed by atoms with E-state index in [1.165, 1.54) is 7.11 Å². The molecule has 0 aromatic heterocycles. The third-order valence-electron chi connectivity index (χ3n) is 4.40. The van der Waals surface area contributed by atoms with Gasteiger partial charge in [0.05, 0.1) is 31.5 Å². The predicted octanol–water partition coefficient (Wildman–Crippen LogP) is 2.84. The van der Waals surface area contributed by atoms with Crippen molar-refractivity contribution in [3.05, 3.63) is 59.3 Å². The average Bonchev–Trinajstić information content (AvgIpc) is 2.68. The van der Waals surface area contributed by atoms with Gasteiger partial charge in [0, 0.05) is 11.8 Å². The summed E-state index contributed by atoms with van der Waals surface area (Å²) in [6, 6.07) is 11.3. The van der Waals surface area contributed by atoms with Gasteiger partial charge in [0.25, 0.3) is 5.91 Å². The third-order valence-corrected chi connectivity index (χ3v) is 4.62. The van der Waals surface area contributed by atoms with E-state index in [9.17, 15) is 9.90 Å². The Morgan fingerprint density at radius 1 is 1.14 bits per heavy atom. The first-order chi connectivity index (χ1) is 13.4. The van der Waals surface area contributed by atoms with Gasteiger partial charge in [-0.05, 0) is 49.0 Å². The van der Waals surface area contributed by atoms with E-state index in [0.29, 0.717) is 33.6 Å². The van der Waals surface area contributed by atoms with Crippen LogP contribution < -0.4 is 25.4 Å². The number of hydrogen-bond donors (Lipinski definition) is 4. The molecule has 3 rings (SSSR count). The lowest BCUT2D eigenvalue weighted by molar-refractivity contribution is -0.113. The van der Waals surface area contributed by atoms with Crippen LogP contribution in [0.3, 0.4) is 0 Å². The highest BCUT2D eigenvalue weighted by molar-refractivity contribution is 7.80. The Kier molecular flexibility index (Phi) is 5.70. The Morgan fingerprint density at radius 2 is 1.86 bits per heavy atom. The summed E-state index contributed by atoms with van der Waals surface area (Å²) in [5.74, 6) is 0.953. The molecule has 1 aliphatic rings. The van der Waals surface area contributed by atoms with Crippen molar-refractivity contribution in [3.63, 3.8) is 0 Å². The summed E-state index contributed by atoms with van der Waals surface area (Å²) in [4.78, 5) is 13.1. The Morgan fingerprint density at radius 3 is 2.50 bits per heavy atom. The van der Waals surface area contributed by atoms with E-state index in [1.54, 1.807) is 56.5 Å². The first-order valence-corrected chi connectivity index (χ1v) is 8.94. The minimum Gasteiger partial charge on any atom is -0.508 e. The molecule has 0 saturated carbocycles. The number of anilines is 1. The summed E-state index contributed by atoms with van der Waals surface area (Å²) in [5, 5.41) is 19.0. The first-order valence-electron chi connectivity index (χ1n) is 8.53. The van der Waals surface area contributed by atoms with Crippen LogP contribution in [0, 0.1) is 0 Å². The number of carbonyl (C=O) groups is 1. The third kappa shape index (κ3) is 4.01. The standard InChI is InChI=1S/C20H21N3O4S/c1-11-17(18(23-20(28)21-11)12-4-6-13(24)7-5-12)19(25)22-15-9-8-14(26-2)10-16(15)27-3/h4-10,18,24H,1-3H3,(H,22,25)(H2,21,23,28)/t18-/m0/s1. The number of methoxy groups -OCH3 is 2. The summed E-state index contributed by atoms with van der Waals surface area (Å²) in [7, 11) is 3.09. The molecule has 0 bridgehead atoms. The van der Waals surface area contributed by atoms with Crippen LogP contribution in [0.25, 0.3) is 0 Å². The fourth-order valence-corrected chi connectivity index (χ4v) is 3.27. The second kappa shape index (κ2) is 8.18. The predicted molar refractivity (Wildman–Crippen MR) is 111 cm³/mol. The highest BCUT2D eigenvalue weighted by atomic mass is 32.1. The number of rotatable bonds is 5. The number of allylic oxidation sites excluding steroid dienone is 1. The molecule has 0 fully saturated rings.